The van der Waals surface area contributed by atoms with Crippen LogP contribution >= 0.6 is 11.3 Å². The molecule has 0 radical (unpaired) electrons. The van der Waals surface area contributed by atoms with Gasteiger partial charge in [-0.1, -0.05) is 17.4 Å². The van der Waals surface area contributed by atoms with E-state index in [1.807, 2.05) is 32.0 Å². The van der Waals surface area contributed by atoms with Crippen LogP contribution < -0.4 is 14.3 Å². The molecular formula is C20H18N4O5S. The largest absolute Gasteiger partial charge is 0.468 e. The Labute approximate surface area is 174 Å². The van der Waals surface area contributed by atoms with Crippen molar-refractivity contribution in [3.8, 4) is 22.6 Å². The van der Waals surface area contributed by atoms with Crippen molar-refractivity contribution in [2.45, 2.75) is 26.4 Å². The molecule has 10 heteroatoms. The summed E-state index contributed by atoms with van der Waals surface area (Å²) in [4.78, 5) is 29.1. The summed E-state index contributed by atoms with van der Waals surface area (Å²) in [6.07, 6.45) is 1.76. The Hall–Kier alpha value is -3.40. The normalized spacial score (nSPS) is 12.9. The van der Waals surface area contributed by atoms with Crippen LogP contribution in [0.1, 0.15) is 19.9 Å². The molecule has 4 aromatic rings. The molecule has 3 aromatic heterocycles. The highest BCUT2D eigenvalue weighted by Crippen LogP contribution is 2.41. The Morgan fingerprint density at radius 1 is 1.27 bits per heavy atom. The van der Waals surface area contributed by atoms with Gasteiger partial charge < -0.3 is 14.2 Å². The average molecular weight is 426 g/mol. The fourth-order valence-electron chi connectivity index (χ4n) is 3.59. The molecule has 0 aliphatic carbocycles. The van der Waals surface area contributed by atoms with E-state index in [0.717, 1.165) is 27.8 Å². The highest BCUT2D eigenvalue weighted by molar-refractivity contribution is 7.17. The van der Waals surface area contributed by atoms with E-state index in [2.05, 4.69) is 5.10 Å². The van der Waals surface area contributed by atoms with Crippen molar-refractivity contribution in [2.75, 3.05) is 13.9 Å². The standard InChI is InChI=1S/C20H18N4O5S/c1-10(2)24-18-12(7-21-24)16(11-4-5-13-14(6-11)29-9-28-13)17-19(22-18)23(20(26)30-17)8-15(25)27-3/h4-7,10H,8-9H2,1-3H3. The molecule has 154 valence electrons. The van der Waals surface area contributed by atoms with Gasteiger partial charge in [-0.05, 0) is 31.5 Å². The maximum atomic E-state index is 12.7. The summed E-state index contributed by atoms with van der Waals surface area (Å²) in [6, 6.07) is 5.72. The minimum atomic E-state index is -0.513. The number of esters is 1. The summed E-state index contributed by atoms with van der Waals surface area (Å²) in [5.41, 5.74) is 2.75. The predicted molar refractivity (Wildman–Crippen MR) is 111 cm³/mol. The zero-order chi connectivity index (χ0) is 21.0. The van der Waals surface area contributed by atoms with Crippen LogP contribution in [-0.2, 0) is 16.1 Å². The summed E-state index contributed by atoms with van der Waals surface area (Å²) in [7, 11) is 1.29. The van der Waals surface area contributed by atoms with Crippen LogP contribution in [0, 0.1) is 0 Å². The van der Waals surface area contributed by atoms with Crippen LogP contribution in [0.25, 0.3) is 32.5 Å². The van der Waals surface area contributed by atoms with Crippen LogP contribution in [0.3, 0.4) is 0 Å². The second-order valence-electron chi connectivity index (χ2n) is 7.16. The molecule has 0 saturated heterocycles. The van der Waals surface area contributed by atoms with Crippen molar-refractivity contribution in [3.05, 3.63) is 34.1 Å². The van der Waals surface area contributed by atoms with Gasteiger partial charge in [-0.3, -0.25) is 14.2 Å². The van der Waals surface area contributed by atoms with Crippen molar-refractivity contribution < 1.29 is 19.0 Å². The highest BCUT2D eigenvalue weighted by atomic mass is 32.1. The topological polar surface area (TPSA) is 97.5 Å². The third-order valence-electron chi connectivity index (χ3n) is 5.01. The summed E-state index contributed by atoms with van der Waals surface area (Å²) in [5, 5.41) is 5.33. The molecule has 1 aliphatic heterocycles. The van der Waals surface area contributed by atoms with Gasteiger partial charge in [-0.2, -0.15) is 5.10 Å². The van der Waals surface area contributed by atoms with E-state index in [-0.39, 0.29) is 24.3 Å². The molecule has 1 aliphatic rings. The van der Waals surface area contributed by atoms with Crippen LogP contribution in [-0.4, -0.2) is 39.2 Å². The van der Waals surface area contributed by atoms with Crippen molar-refractivity contribution >= 4 is 38.7 Å². The number of fused-ring (bicyclic) bond motifs is 3. The third kappa shape index (κ3) is 2.75. The number of hydrogen-bond acceptors (Lipinski definition) is 8. The quantitative estimate of drug-likeness (QED) is 0.463. The van der Waals surface area contributed by atoms with Crippen LogP contribution in [0.15, 0.2) is 29.2 Å². The van der Waals surface area contributed by atoms with E-state index in [1.54, 1.807) is 10.9 Å². The molecule has 0 N–H and O–H groups in total. The van der Waals surface area contributed by atoms with E-state index < -0.39 is 5.97 Å². The molecule has 0 amide bonds. The van der Waals surface area contributed by atoms with Crippen molar-refractivity contribution in [2.24, 2.45) is 0 Å². The second-order valence-corrected chi connectivity index (χ2v) is 8.12. The molecule has 9 nitrogen and oxygen atoms in total. The number of benzene rings is 1. The van der Waals surface area contributed by atoms with Crippen molar-refractivity contribution in [1.82, 2.24) is 19.3 Å². The van der Waals surface area contributed by atoms with Gasteiger partial charge in [-0.15, -0.1) is 0 Å². The lowest BCUT2D eigenvalue weighted by molar-refractivity contribution is -0.141. The van der Waals surface area contributed by atoms with Gasteiger partial charge in [0.15, 0.2) is 22.8 Å². The molecule has 0 atom stereocenters. The number of carbonyl (C=O) groups excluding carboxylic acids is 1. The number of carbonyl (C=O) groups is 1. The average Bonchev–Trinajstić information content (AvgIpc) is 3.43. The van der Waals surface area contributed by atoms with Gasteiger partial charge in [0.1, 0.15) is 6.54 Å². The first-order valence-electron chi connectivity index (χ1n) is 9.35. The predicted octanol–water partition coefficient (Wildman–Crippen LogP) is 2.96. The number of nitrogens with zero attached hydrogens (tertiary/aromatic N) is 4. The number of ether oxygens (including phenoxy) is 3. The van der Waals surface area contributed by atoms with E-state index in [1.165, 1.54) is 11.7 Å². The number of pyridine rings is 1. The lowest BCUT2D eigenvalue weighted by Crippen LogP contribution is -2.20. The fourth-order valence-corrected chi connectivity index (χ4v) is 4.60. The van der Waals surface area contributed by atoms with Gasteiger partial charge in [0, 0.05) is 17.0 Å². The minimum absolute atomic E-state index is 0.0662. The first kappa shape index (κ1) is 18.6. The van der Waals surface area contributed by atoms with E-state index in [0.29, 0.717) is 27.5 Å². The molecule has 0 saturated carbocycles. The number of rotatable bonds is 4. The zero-order valence-electron chi connectivity index (χ0n) is 16.5. The van der Waals surface area contributed by atoms with Gasteiger partial charge in [0.2, 0.25) is 6.79 Å². The number of methoxy groups -OCH3 is 1. The summed E-state index contributed by atoms with van der Waals surface area (Å²) < 4.78 is 19.6. The van der Waals surface area contributed by atoms with Gasteiger partial charge in [-0.25, -0.2) is 9.67 Å². The monoisotopic (exact) mass is 426 g/mol. The second kappa shape index (κ2) is 6.84. The molecule has 5 rings (SSSR count). The van der Waals surface area contributed by atoms with Gasteiger partial charge >= 0.3 is 10.8 Å². The zero-order valence-corrected chi connectivity index (χ0v) is 17.4. The number of aromatic nitrogens is 4. The SMILES string of the molecule is COC(=O)Cn1c(=O)sc2c(-c3ccc4c(c3)OCO4)c3cnn(C(C)C)c3nc21. The summed E-state index contributed by atoms with van der Waals surface area (Å²) in [5.74, 6) is 0.804. The molecule has 0 bridgehead atoms. The third-order valence-corrected chi connectivity index (χ3v) is 6.00. The summed E-state index contributed by atoms with van der Waals surface area (Å²) in [6.45, 7) is 3.99. The lowest BCUT2D eigenvalue weighted by atomic mass is 10.0. The van der Waals surface area contributed by atoms with Crippen LogP contribution in [0.4, 0.5) is 0 Å². The lowest BCUT2D eigenvalue weighted by Gasteiger charge is -2.10. The maximum Gasteiger partial charge on any atom is 0.325 e. The Kier molecular flexibility index (Phi) is 4.24. The van der Waals surface area contributed by atoms with E-state index >= 15 is 0 Å². The first-order valence-corrected chi connectivity index (χ1v) is 10.2. The molecule has 30 heavy (non-hydrogen) atoms. The first-order chi connectivity index (χ1) is 14.5. The van der Waals surface area contributed by atoms with Crippen molar-refractivity contribution in [1.29, 1.82) is 0 Å². The molecular weight excluding hydrogens is 408 g/mol. The van der Waals surface area contributed by atoms with E-state index in [9.17, 15) is 9.59 Å². The van der Waals surface area contributed by atoms with Gasteiger partial charge in [0.25, 0.3) is 0 Å². The Morgan fingerprint density at radius 2 is 2.07 bits per heavy atom. The van der Waals surface area contributed by atoms with Crippen LogP contribution in [0.5, 0.6) is 11.5 Å². The Bertz CT molecular complexity index is 1370. The Balaban J connectivity index is 1.86. The van der Waals surface area contributed by atoms with Crippen molar-refractivity contribution in [3.63, 3.8) is 0 Å². The molecule has 0 spiro atoms. The number of thiazole rings is 1. The molecule has 1 aromatic carbocycles. The van der Waals surface area contributed by atoms with Crippen LogP contribution in [0.2, 0.25) is 0 Å². The van der Waals surface area contributed by atoms with E-state index in [4.69, 9.17) is 19.2 Å². The minimum Gasteiger partial charge on any atom is -0.468 e. The number of hydrogen-bond donors (Lipinski definition) is 0. The fraction of sp³-hybridized carbons (Fsp3) is 0.300. The molecule has 0 unspecified atom stereocenters. The summed E-state index contributed by atoms with van der Waals surface area (Å²) >= 11 is 1.05. The molecule has 4 heterocycles. The molecule has 0 fully saturated rings. The Morgan fingerprint density at radius 3 is 2.83 bits per heavy atom. The smallest absolute Gasteiger partial charge is 0.325 e. The highest BCUT2D eigenvalue weighted by Gasteiger charge is 2.23. The maximum absolute atomic E-state index is 12.7. The van der Waals surface area contributed by atoms with Gasteiger partial charge in [0.05, 0.1) is 18.0 Å².